The standard InChI is InChI=1S/C22H23F2NO7S2/c1-3-31-21(28)18-15-9-4-12(2)10-16(15)33-19(18)25-17(26)11-32-20(27)13-5-7-14(8-6-13)34(29,30)22(23)24/h5-8,12,22H,3-4,9-11H2,1-2H3,(H,25,26)/t12-/m1/s1. The molecule has 1 aromatic carbocycles. The molecule has 1 N–H and O–H groups in total. The summed E-state index contributed by atoms with van der Waals surface area (Å²) in [5.74, 6) is -5.28. The average molecular weight is 516 g/mol. The summed E-state index contributed by atoms with van der Waals surface area (Å²) >= 11 is 1.29. The predicted molar refractivity (Wildman–Crippen MR) is 120 cm³/mol. The third-order valence-electron chi connectivity index (χ3n) is 5.23. The van der Waals surface area contributed by atoms with E-state index in [-0.39, 0.29) is 12.2 Å². The van der Waals surface area contributed by atoms with E-state index >= 15 is 0 Å². The molecule has 1 amide bonds. The van der Waals surface area contributed by atoms with Crippen molar-refractivity contribution in [2.24, 2.45) is 5.92 Å². The van der Waals surface area contributed by atoms with Crippen LogP contribution in [0.1, 0.15) is 51.4 Å². The van der Waals surface area contributed by atoms with E-state index in [0.29, 0.717) is 22.9 Å². The number of alkyl halides is 2. The van der Waals surface area contributed by atoms with Crippen molar-refractivity contribution >= 4 is 44.0 Å². The normalized spacial score (nSPS) is 15.5. The molecule has 0 saturated carbocycles. The van der Waals surface area contributed by atoms with E-state index in [1.807, 2.05) is 0 Å². The minimum absolute atomic E-state index is 0.117. The zero-order valence-electron chi connectivity index (χ0n) is 18.4. The van der Waals surface area contributed by atoms with Crippen LogP contribution in [0.4, 0.5) is 13.8 Å². The fraction of sp³-hybridized carbons (Fsp3) is 0.409. The van der Waals surface area contributed by atoms with Crippen molar-refractivity contribution in [2.45, 2.75) is 43.8 Å². The molecule has 2 aromatic rings. The van der Waals surface area contributed by atoms with Gasteiger partial charge >= 0.3 is 17.7 Å². The Morgan fingerprint density at radius 1 is 1.15 bits per heavy atom. The molecule has 0 saturated heterocycles. The van der Waals surface area contributed by atoms with Gasteiger partial charge in [-0.1, -0.05) is 6.92 Å². The van der Waals surface area contributed by atoms with Gasteiger partial charge in [-0.3, -0.25) is 4.79 Å². The van der Waals surface area contributed by atoms with Crippen LogP contribution in [0.25, 0.3) is 0 Å². The highest BCUT2D eigenvalue weighted by Crippen LogP contribution is 2.40. The zero-order valence-corrected chi connectivity index (χ0v) is 20.1. The van der Waals surface area contributed by atoms with E-state index in [4.69, 9.17) is 9.47 Å². The summed E-state index contributed by atoms with van der Waals surface area (Å²) in [6, 6.07) is 3.76. The van der Waals surface area contributed by atoms with E-state index in [1.165, 1.54) is 11.3 Å². The van der Waals surface area contributed by atoms with Crippen molar-refractivity contribution < 1.29 is 41.1 Å². The van der Waals surface area contributed by atoms with Crippen LogP contribution in [0.2, 0.25) is 0 Å². The Morgan fingerprint density at radius 2 is 1.82 bits per heavy atom. The highest BCUT2D eigenvalue weighted by atomic mass is 32.2. The van der Waals surface area contributed by atoms with Gasteiger partial charge in [0.25, 0.3) is 5.91 Å². The third-order valence-corrected chi connectivity index (χ3v) is 7.80. The van der Waals surface area contributed by atoms with E-state index in [2.05, 4.69) is 12.2 Å². The van der Waals surface area contributed by atoms with Crippen molar-refractivity contribution in [3.63, 3.8) is 0 Å². The summed E-state index contributed by atoms with van der Waals surface area (Å²) in [5.41, 5.74) is 1.07. The second-order valence-electron chi connectivity index (χ2n) is 7.73. The van der Waals surface area contributed by atoms with Gasteiger partial charge in [-0.2, -0.15) is 8.78 Å². The van der Waals surface area contributed by atoms with Crippen molar-refractivity contribution in [1.29, 1.82) is 0 Å². The van der Waals surface area contributed by atoms with E-state index < -0.39 is 44.9 Å². The largest absolute Gasteiger partial charge is 0.462 e. The van der Waals surface area contributed by atoms with Crippen LogP contribution in [-0.4, -0.2) is 45.2 Å². The van der Waals surface area contributed by atoms with Crippen molar-refractivity contribution in [1.82, 2.24) is 0 Å². The predicted octanol–water partition coefficient (Wildman–Crippen LogP) is 3.84. The fourth-order valence-corrected chi connectivity index (χ4v) is 5.65. The Kier molecular flexibility index (Phi) is 8.03. The van der Waals surface area contributed by atoms with Crippen LogP contribution in [0, 0.1) is 5.92 Å². The number of hydrogen-bond donors (Lipinski definition) is 1. The summed E-state index contributed by atoms with van der Waals surface area (Å²) < 4.78 is 58.2. The van der Waals surface area contributed by atoms with Gasteiger partial charge in [-0.05, 0) is 61.9 Å². The first-order valence-corrected chi connectivity index (χ1v) is 12.8. The average Bonchev–Trinajstić information content (AvgIpc) is 3.14. The van der Waals surface area contributed by atoms with Crippen LogP contribution in [0.3, 0.4) is 0 Å². The maximum atomic E-state index is 12.6. The van der Waals surface area contributed by atoms with Gasteiger partial charge in [0, 0.05) is 4.88 Å². The Labute approximate surface area is 199 Å². The number of fused-ring (bicyclic) bond motifs is 1. The lowest BCUT2D eigenvalue weighted by Gasteiger charge is -2.18. The lowest BCUT2D eigenvalue weighted by Crippen LogP contribution is -2.22. The number of carbonyl (C=O) groups is 3. The Balaban J connectivity index is 1.67. The minimum atomic E-state index is -4.79. The molecule has 0 unspecified atom stereocenters. The number of anilines is 1. The molecule has 1 aliphatic carbocycles. The maximum absolute atomic E-state index is 12.6. The monoisotopic (exact) mass is 515 g/mol. The zero-order chi connectivity index (χ0) is 25.0. The Morgan fingerprint density at radius 3 is 2.44 bits per heavy atom. The van der Waals surface area contributed by atoms with E-state index in [1.54, 1.807) is 6.92 Å². The fourth-order valence-electron chi connectivity index (χ4n) is 3.52. The Bertz CT molecular complexity index is 1190. The first-order chi connectivity index (χ1) is 16.0. The Hall–Kier alpha value is -2.86. The molecule has 34 heavy (non-hydrogen) atoms. The number of benzene rings is 1. The SMILES string of the molecule is CCOC(=O)c1c(NC(=O)COC(=O)c2ccc(S(=O)(=O)C(F)F)cc2)sc2c1CC[C@@H](C)C2. The quantitative estimate of drug-likeness (QED) is 0.531. The molecule has 1 atom stereocenters. The molecule has 12 heteroatoms. The number of esters is 2. The summed E-state index contributed by atoms with van der Waals surface area (Å²) in [6.45, 7) is 3.31. The molecule has 0 radical (unpaired) electrons. The number of ether oxygens (including phenoxy) is 2. The molecule has 8 nitrogen and oxygen atoms in total. The summed E-state index contributed by atoms with van der Waals surface area (Å²) in [7, 11) is -4.79. The number of amides is 1. The highest BCUT2D eigenvalue weighted by Gasteiger charge is 2.29. The molecule has 184 valence electrons. The van der Waals surface area contributed by atoms with Gasteiger partial charge in [-0.25, -0.2) is 18.0 Å². The maximum Gasteiger partial charge on any atom is 0.341 e. The van der Waals surface area contributed by atoms with Gasteiger partial charge in [-0.15, -0.1) is 11.3 Å². The van der Waals surface area contributed by atoms with Gasteiger partial charge in [0.1, 0.15) is 5.00 Å². The van der Waals surface area contributed by atoms with Gasteiger partial charge in [0.2, 0.25) is 9.84 Å². The smallest absolute Gasteiger partial charge is 0.341 e. The number of thiophene rings is 1. The molecule has 1 aromatic heterocycles. The lowest BCUT2D eigenvalue weighted by molar-refractivity contribution is -0.119. The van der Waals surface area contributed by atoms with Crippen LogP contribution >= 0.6 is 11.3 Å². The van der Waals surface area contributed by atoms with Crippen LogP contribution in [-0.2, 0) is 36.9 Å². The van der Waals surface area contributed by atoms with E-state index in [0.717, 1.165) is 47.5 Å². The first kappa shape index (κ1) is 25.8. The molecule has 3 rings (SSSR count). The summed E-state index contributed by atoms with van der Waals surface area (Å²) in [4.78, 5) is 37.5. The van der Waals surface area contributed by atoms with Crippen molar-refractivity contribution in [3.05, 3.63) is 45.8 Å². The molecular formula is C22H23F2NO7S2. The number of rotatable bonds is 8. The number of halogens is 2. The van der Waals surface area contributed by atoms with Crippen molar-refractivity contribution in [3.8, 4) is 0 Å². The second kappa shape index (κ2) is 10.6. The van der Waals surface area contributed by atoms with Gasteiger partial charge < -0.3 is 14.8 Å². The topological polar surface area (TPSA) is 116 Å². The molecular weight excluding hydrogens is 492 g/mol. The summed E-state index contributed by atoms with van der Waals surface area (Å²) in [5, 5.41) is 2.94. The molecule has 0 bridgehead atoms. The summed E-state index contributed by atoms with van der Waals surface area (Å²) in [6.07, 6.45) is 2.40. The molecule has 0 spiro atoms. The van der Waals surface area contributed by atoms with Crippen LogP contribution < -0.4 is 5.32 Å². The molecule has 1 aliphatic rings. The number of hydrogen-bond acceptors (Lipinski definition) is 8. The number of sulfone groups is 1. The molecule has 0 fully saturated rings. The molecule has 0 aliphatic heterocycles. The van der Waals surface area contributed by atoms with Crippen molar-refractivity contribution in [2.75, 3.05) is 18.5 Å². The van der Waals surface area contributed by atoms with Crippen LogP contribution in [0.5, 0.6) is 0 Å². The second-order valence-corrected chi connectivity index (χ2v) is 10.8. The minimum Gasteiger partial charge on any atom is -0.462 e. The number of nitrogens with one attached hydrogen (secondary N) is 1. The van der Waals surface area contributed by atoms with Crippen LogP contribution in [0.15, 0.2) is 29.2 Å². The number of carbonyl (C=O) groups excluding carboxylic acids is 3. The third kappa shape index (κ3) is 5.61. The lowest BCUT2D eigenvalue weighted by atomic mass is 9.88. The van der Waals surface area contributed by atoms with E-state index in [9.17, 15) is 31.6 Å². The highest BCUT2D eigenvalue weighted by molar-refractivity contribution is 7.91. The first-order valence-electron chi connectivity index (χ1n) is 10.4. The van der Waals surface area contributed by atoms with Gasteiger partial charge in [0.05, 0.1) is 22.6 Å². The molecule has 1 heterocycles. The van der Waals surface area contributed by atoms with Gasteiger partial charge in [0.15, 0.2) is 6.61 Å².